The highest BCUT2D eigenvalue weighted by Crippen LogP contribution is 2.23. The largest absolute Gasteiger partial charge is 0.342 e. The third kappa shape index (κ3) is 3.14. The summed E-state index contributed by atoms with van der Waals surface area (Å²) in [7, 11) is 0. The first-order valence-electron chi connectivity index (χ1n) is 5.75. The molecule has 0 fully saturated rings. The van der Waals surface area contributed by atoms with Crippen molar-refractivity contribution in [3.8, 4) is 0 Å². The van der Waals surface area contributed by atoms with Gasteiger partial charge in [0.15, 0.2) is 5.78 Å². The number of carbonyl (C=O) groups excluding carboxylic acids is 2. The average Bonchev–Trinajstić information content (AvgIpc) is 2.37. The van der Waals surface area contributed by atoms with Crippen LogP contribution in [0.25, 0.3) is 0 Å². The molecule has 0 heterocycles. The van der Waals surface area contributed by atoms with Crippen LogP contribution in [0.2, 0.25) is 0 Å². The van der Waals surface area contributed by atoms with Gasteiger partial charge in [-0.15, -0.1) is 0 Å². The van der Waals surface area contributed by atoms with Gasteiger partial charge in [0, 0.05) is 12.5 Å². The Morgan fingerprint density at radius 3 is 2.50 bits per heavy atom. The summed E-state index contributed by atoms with van der Waals surface area (Å²) >= 11 is 0. The molecular weight excluding hydrogens is 274 g/mol. The van der Waals surface area contributed by atoms with Crippen LogP contribution in [0.1, 0.15) is 30.6 Å². The van der Waals surface area contributed by atoms with Crippen molar-refractivity contribution in [2.24, 2.45) is 0 Å². The van der Waals surface area contributed by atoms with Crippen molar-refractivity contribution in [3.63, 3.8) is 0 Å². The van der Waals surface area contributed by atoms with E-state index in [4.69, 9.17) is 0 Å². The smallest absolute Gasteiger partial charge is 0.305 e. The summed E-state index contributed by atoms with van der Waals surface area (Å²) in [6.07, 6.45) is 0.140. The van der Waals surface area contributed by atoms with E-state index in [9.17, 15) is 28.5 Å². The predicted molar refractivity (Wildman–Crippen MR) is 65.2 cm³/mol. The molecule has 0 aliphatic rings. The fourth-order valence-corrected chi connectivity index (χ4v) is 1.55. The molecule has 1 unspecified atom stereocenters. The Morgan fingerprint density at radius 2 is 2.00 bits per heavy atom. The van der Waals surface area contributed by atoms with E-state index in [1.165, 1.54) is 6.92 Å². The van der Waals surface area contributed by atoms with Gasteiger partial charge in [0.05, 0.1) is 11.0 Å². The fourth-order valence-electron chi connectivity index (χ4n) is 1.55. The quantitative estimate of drug-likeness (QED) is 0.662. The van der Waals surface area contributed by atoms with Gasteiger partial charge in [-0.3, -0.25) is 19.7 Å². The number of nitro benzene ring substituents is 1. The van der Waals surface area contributed by atoms with Crippen LogP contribution in [-0.4, -0.2) is 22.7 Å². The number of nitrogens with one attached hydrogen (secondary N) is 1. The first kappa shape index (κ1) is 15.7. The van der Waals surface area contributed by atoms with E-state index in [-0.39, 0.29) is 12.2 Å². The lowest BCUT2D eigenvalue weighted by molar-refractivity contribution is -0.387. The normalized spacial score (nSPS) is 11.8. The molecule has 0 aliphatic carbocycles. The minimum atomic E-state index is -1.57. The lowest BCUT2D eigenvalue weighted by Gasteiger charge is -2.12. The Bertz CT molecular complexity index is 575. The van der Waals surface area contributed by atoms with Crippen LogP contribution in [0.5, 0.6) is 0 Å². The first-order chi connectivity index (χ1) is 9.29. The predicted octanol–water partition coefficient (Wildman–Crippen LogP) is 1.97. The van der Waals surface area contributed by atoms with Crippen molar-refractivity contribution in [1.29, 1.82) is 0 Å². The van der Waals surface area contributed by atoms with Crippen LogP contribution < -0.4 is 5.32 Å². The highest BCUT2D eigenvalue weighted by atomic mass is 19.1. The van der Waals surface area contributed by atoms with Crippen molar-refractivity contribution in [2.75, 3.05) is 0 Å². The van der Waals surface area contributed by atoms with Crippen LogP contribution in [0.15, 0.2) is 12.1 Å². The number of hydrogen-bond donors (Lipinski definition) is 1. The second-order valence-electron chi connectivity index (χ2n) is 4.03. The molecule has 0 aromatic heterocycles. The highest BCUT2D eigenvalue weighted by Gasteiger charge is 2.27. The number of nitro groups is 1. The lowest BCUT2D eigenvalue weighted by Crippen LogP contribution is -2.39. The highest BCUT2D eigenvalue weighted by molar-refractivity contribution is 5.98. The number of hydrogen-bond acceptors (Lipinski definition) is 4. The van der Waals surface area contributed by atoms with Gasteiger partial charge in [-0.1, -0.05) is 6.92 Å². The monoisotopic (exact) mass is 286 g/mol. The molecule has 1 rings (SSSR count). The molecule has 108 valence electrons. The molecule has 20 heavy (non-hydrogen) atoms. The molecule has 0 spiro atoms. The zero-order chi connectivity index (χ0) is 15.4. The van der Waals surface area contributed by atoms with Gasteiger partial charge >= 0.3 is 5.69 Å². The number of carbonyl (C=O) groups is 2. The van der Waals surface area contributed by atoms with Gasteiger partial charge in [-0.05, 0) is 13.0 Å². The Kier molecular flexibility index (Phi) is 4.84. The summed E-state index contributed by atoms with van der Waals surface area (Å²) in [6, 6.07) is 0.315. The molecule has 1 amide bonds. The van der Waals surface area contributed by atoms with Crippen molar-refractivity contribution >= 4 is 17.4 Å². The molecule has 0 aliphatic heterocycles. The van der Waals surface area contributed by atoms with E-state index >= 15 is 0 Å². The number of nitrogens with zero attached hydrogens (tertiary/aromatic N) is 1. The number of benzene rings is 1. The number of amides is 1. The van der Waals surface area contributed by atoms with Crippen LogP contribution in [-0.2, 0) is 4.79 Å². The maximum absolute atomic E-state index is 13.7. The van der Waals surface area contributed by atoms with E-state index in [2.05, 4.69) is 5.32 Å². The van der Waals surface area contributed by atoms with Gasteiger partial charge in [-0.2, -0.15) is 4.39 Å². The molecule has 1 aromatic carbocycles. The standard InChI is InChI=1S/C12H12F2N2O4/c1-3-9(17)6(2)15-12(18)10-7(13)4-5-8(11(10)14)16(19)20/h4-6H,3H2,1-2H3,(H,15,18). The minimum Gasteiger partial charge on any atom is -0.342 e. The van der Waals surface area contributed by atoms with Gasteiger partial charge in [0.1, 0.15) is 11.4 Å². The summed E-state index contributed by atoms with van der Waals surface area (Å²) < 4.78 is 27.2. The molecule has 6 nitrogen and oxygen atoms in total. The molecule has 8 heteroatoms. The average molecular weight is 286 g/mol. The molecule has 0 saturated carbocycles. The van der Waals surface area contributed by atoms with Gasteiger partial charge < -0.3 is 5.32 Å². The SMILES string of the molecule is CCC(=O)C(C)NC(=O)c1c(F)ccc([N+](=O)[O-])c1F. The summed E-state index contributed by atoms with van der Waals surface area (Å²) in [5.74, 6) is -4.34. The number of halogens is 2. The second-order valence-corrected chi connectivity index (χ2v) is 4.03. The van der Waals surface area contributed by atoms with Crippen LogP contribution in [0, 0.1) is 21.7 Å². The summed E-state index contributed by atoms with van der Waals surface area (Å²) in [6.45, 7) is 2.93. The zero-order valence-electron chi connectivity index (χ0n) is 10.8. The molecule has 0 bridgehead atoms. The number of Topliss-reactive ketones (excluding diaryl/α,β-unsaturated/α-hetero) is 1. The fraction of sp³-hybridized carbons (Fsp3) is 0.333. The zero-order valence-corrected chi connectivity index (χ0v) is 10.8. The summed E-state index contributed by atoms with van der Waals surface area (Å²) in [5.41, 5.74) is -2.08. The molecule has 1 N–H and O–H groups in total. The van der Waals surface area contributed by atoms with Crippen LogP contribution in [0.4, 0.5) is 14.5 Å². The van der Waals surface area contributed by atoms with E-state index in [1.54, 1.807) is 6.92 Å². The third-order valence-corrected chi connectivity index (χ3v) is 2.67. The lowest BCUT2D eigenvalue weighted by atomic mass is 10.1. The minimum absolute atomic E-state index is 0.140. The van der Waals surface area contributed by atoms with Crippen molar-refractivity contribution in [1.82, 2.24) is 5.32 Å². The van der Waals surface area contributed by atoms with Crippen molar-refractivity contribution in [3.05, 3.63) is 39.4 Å². The Morgan fingerprint density at radius 1 is 1.40 bits per heavy atom. The maximum atomic E-state index is 13.7. The molecule has 1 aromatic rings. The molecular formula is C12H12F2N2O4. The van der Waals surface area contributed by atoms with Gasteiger partial charge in [0.25, 0.3) is 5.91 Å². The maximum Gasteiger partial charge on any atom is 0.305 e. The van der Waals surface area contributed by atoms with Gasteiger partial charge in [0.2, 0.25) is 5.82 Å². The van der Waals surface area contributed by atoms with Crippen LogP contribution >= 0.6 is 0 Å². The number of rotatable bonds is 5. The van der Waals surface area contributed by atoms with Crippen molar-refractivity contribution < 1.29 is 23.3 Å². The third-order valence-electron chi connectivity index (χ3n) is 2.67. The summed E-state index contributed by atoms with van der Waals surface area (Å²) in [5, 5.41) is 12.6. The van der Waals surface area contributed by atoms with Crippen molar-refractivity contribution in [2.45, 2.75) is 26.3 Å². The molecule has 0 radical (unpaired) electrons. The van der Waals surface area contributed by atoms with E-state index in [0.717, 1.165) is 0 Å². The van der Waals surface area contributed by atoms with E-state index in [0.29, 0.717) is 12.1 Å². The van der Waals surface area contributed by atoms with E-state index in [1.807, 2.05) is 0 Å². The first-order valence-corrected chi connectivity index (χ1v) is 5.75. The molecule has 1 atom stereocenters. The second kappa shape index (κ2) is 6.18. The topological polar surface area (TPSA) is 89.3 Å². The van der Waals surface area contributed by atoms with Crippen LogP contribution in [0.3, 0.4) is 0 Å². The summed E-state index contributed by atoms with van der Waals surface area (Å²) in [4.78, 5) is 32.5. The Hall–Kier alpha value is -2.38. The number of ketones is 1. The van der Waals surface area contributed by atoms with Gasteiger partial charge in [-0.25, -0.2) is 4.39 Å². The van der Waals surface area contributed by atoms with E-state index < -0.39 is 39.8 Å². The Labute approximate surface area is 112 Å². The Balaban J connectivity index is 3.13. The molecule has 0 saturated heterocycles.